The molecule has 0 bridgehead atoms. The topological polar surface area (TPSA) is 50.8 Å². The Kier molecular flexibility index (Phi) is 5.82. The smallest absolute Gasteiger partial charge is 0.281 e. The van der Waals surface area contributed by atoms with Gasteiger partial charge in [-0.15, -0.1) is 0 Å². The normalized spacial score (nSPS) is 15.3. The average molecular weight is 447 g/mol. The van der Waals surface area contributed by atoms with Crippen LogP contribution < -0.4 is 19.7 Å². The molecule has 0 spiro atoms. The molecule has 0 saturated carbocycles. The molecule has 3 rings (SSSR count). The van der Waals surface area contributed by atoms with Crippen LogP contribution in [0.4, 0.5) is 5.69 Å². The van der Waals surface area contributed by atoms with Gasteiger partial charge in [0.15, 0.2) is 16.6 Å². The van der Waals surface area contributed by atoms with E-state index in [-0.39, 0.29) is 5.91 Å². The lowest BCUT2D eigenvalue weighted by Crippen LogP contribution is -2.30. The second-order valence-electron chi connectivity index (χ2n) is 5.88. The van der Waals surface area contributed by atoms with Crippen LogP contribution in [0.25, 0.3) is 6.08 Å². The minimum absolute atomic E-state index is 0.199. The highest BCUT2D eigenvalue weighted by Crippen LogP contribution is 2.35. The monoisotopic (exact) mass is 446 g/mol. The summed E-state index contributed by atoms with van der Waals surface area (Å²) in [5.74, 6) is 0.980. The van der Waals surface area contributed by atoms with Gasteiger partial charge in [0.05, 0.1) is 19.9 Å². The van der Waals surface area contributed by atoms with E-state index in [1.165, 1.54) is 4.90 Å². The number of aryl methyl sites for hydroxylation is 1. The van der Waals surface area contributed by atoms with Crippen molar-refractivity contribution in [3.05, 3.63) is 57.7 Å². The number of ether oxygens (including phenoxy) is 2. The molecule has 0 atom stereocenters. The number of rotatable bonds is 5. The number of hydrogen-bond acceptors (Lipinski definition) is 4. The lowest BCUT2D eigenvalue weighted by atomic mass is 10.1. The van der Waals surface area contributed by atoms with Crippen LogP contribution in [0.1, 0.15) is 18.1 Å². The molecule has 1 aliphatic rings. The number of benzene rings is 2. The Labute approximate surface area is 172 Å². The van der Waals surface area contributed by atoms with Crippen molar-refractivity contribution in [1.29, 1.82) is 0 Å². The molecule has 0 unspecified atom stereocenters. The van der Waals surface area contributed by atoms with E-state index in [0.717, 1.165) is 27.7 Å². The third kappa shape index (κ3) is 3.84. The first-order chi connectivity index (χ1) is 13.0. The van der Waals surface area contributed by atoms with Crippen LogP contribution >= 0.6 is 28.1 Å². The number of nitrogens with zero attached hydrogens (tertiary/aromatic N) is 1. The number of methoxy groups -OCH3 is 2. The zero-order chi connectivity index (χ0) is 19.6. The first kappa shape index (κ1) is 19.4. The molecule has 0 aliphatic carbocycles. The number of nitrogens with one attached hydrogen (secondary N) is 1. The first-order valence-corrected chi connectivity index (χ1v) is 9.56. The summed E-state index contributed by atoms with van der Waals surface area (Å²) in [4.78, 5) is 14.5. The Morgan fingerprint density at radius 3 is 2.56 bits per heavy atom. The summed E-state index contributed by atoms with van der Waals surface area (Å²) >= 11 is 8.90. The molecule has 1 amide bonds. The predicted octanol–water partition coefficient (Wildman–Crippen LogP) is 4.29. The lowest BCUT2D eigenvalue weighted by Gasteiger charge is -2.14. The Balaban J connectivity index is 1.97. The number of thiocarbonyl (C=S) groups is 1. The maximum absolute atomic E-state index is 12.9. The number of amides is 1. The van der Waals surface area contributed by atoms with Gasteiger partial charge in [-0.05, 0) is 60.1 Å². The molecular formula is C20H19BrN2O3S. The Bertz CT molecular complexity index is 943. The summed E-state index contributed by atoms with van der Waals surface area (Å²) < 4.78 is 11.4. The zero-order valence-corrected chi connectivity index (χ0v) is 17.6. The fraction of sp³-hybridized carbons (Fsp3) is 0.200. The highest BCUT2D eigenvalue weighted by atomic mass is 79.9. The van der Waals surface area contributed by atoms with E-state index in [0.29, 0.717) is 22.3 Å². The van der Waals surface area contributed by atoms with E-state index in [1.54, 1.807) is 32.4 Å². The minimum Gasteiger partial charge on any atom is -0.493 e. The zero-order valence-electron chi connectivity index (χ0n) is 15.2. The third-order valence-electron chi connectivity index (χ3n) is 4.26. The van der Waals surface area contributed by atoms with Crippen LogP contribution in [-0.4, -0.2) is 25.2 Å². The molecular weight excluding hydrogens is 428 g/mol. The number of halogens is 1. The van der Waals surface area contributed by atoms with E-state index in [4.69, 9.17) is 21.7 Å². The summed E-state index contributed by atoms with van der Waals surface area (Å²) in [6, 6.07) is 11.4. The van der Waals surface area contributed by atoms with Crippen molar-refractivity contribution in [3.63, 3.8) is 0 Å². The number of carbonyl (C=O) groups is 1. The molecule has 0 aromatic heterocycles. The molecule has 1 heterocycles. The van der Waals surface area contributed by atoms with Crippen molar-refractivity contribution in [2.75, 3.05) is 19.1 Å². The maximum Gasteiger partial charge on any atom is 0.281 e. The minimum atomic E-state index is -0.199. The Morgan fingerprint density at radius 2 is 1.89 bits per heavy atom. The van der Waals surface area contributed by atoms with E-state index in [2.05, 4.69) is 28.2 Å². The van der Waals surface area contributed by atoms with Crippen molar-refractivity contribution in [2.24, 2.45) is 0 Å². The summed E-state index contributed by atoms with van der Waals surface area (Å²) in [5, 5.41) is 3.37. The molecule has 7 heteroatoms. The van der Waals surface area contributed by atoms with Crippen molar-refractivity contribution in [2.45, 2.75) is 13.3 Å². The average Bonchev–Trinajstić information content (AvgIpc) is 2.96. The summed E-state index contributed by atoms with van der Waals surface area (Å²) in [7, 11) is 3.14. The summed E-state index contributed by atoms with van der Waals surface area (Å²) in [6.07, 6.45) is 2.63. The van der Waals surface area contributed by atoms with Gasteiger partial charge in [-0.25, -0.2) is 0 Å². The van der Waals surface area contributed by atoms with E-state index >= 15 is 0 Å². The van der Waals surface area contributed by atoms with E-state index in [9.17, 15) is 4.79 Å². The van der Waals surface area contributed by atoms with Crippen molar-refractivity contribution >= 4 is 50.9 Å². The molecule has 2 aromatic carbocycles. The molecule has 0 radical (unpaired) electrons. The summed E-state index contributed by atoms with van der Waals surface area (Å²) in [5.41, 5.74) is 3.07. The van der Waals surface area contributed by atoms with Gasteiger partial charge >= 0.3 is 0 Å². The van der Waals surface area contributed by atoms with Crippen LogP contribution in [0, 0.1) is 0 Å². The second kappa shape index (κ2) is 8.10. The highest BCUT2D eigenvalue weighted by Gasteiger charge is 2.32. The third-order valence-corrected chi connectivity index (χ3v) is 5.23. The number of hydrogen-bond donors (Lipinski definition) is 1. The van der Waals surface area contributed by atoms with Gasteiger partial charge in [-0.2, -0.15) is 0 Å². The number of anilines is 1. The number of carbonyl (C=O) groups excluding carboxylic acids is 1. The van der Waals surface area contributed by atoms with Gasteiger partial charge in [0.1, 0.15) is 5.70 Å². The molecule has 5 nitrogen and oxygen atoms in total. The molecule has 27 heavy (non-hydrogen) atoms. The van der Waals surface area contributed by atoms with Crippen LogP contribution in [0.15, 0.2) is 46.6 Å². The van der Waals surface area contributed by atoms with Crippen LogP contribution in [-0.2, 0) is 11.2 Å². The fourth-order valence-corrected chi connectivity index (χ4v) is 3.56. The molecule has 1 N–H and O–H groups in total. The first-order valence-electron chi connectivity index (χ1n) is 8.36. The van der Waals surface area contributed by atoms with Crippen LogP contribution in [0.3, 0.4) is 0 Å². The predicted molar refractivity (Wildman–Crippen MR) is 114 cm³/mol. The fourth-order valence-electron chi connectivity index (χ4n) is 2.82. The largest absolute Gasteiger partial charge is 0.493 e. The van der Waals surface area contributed by atoms with E-state index in [1.807, 2.05) is 24.3 Å². The van der Waals surface area contributed by atoms with Gasteiger partial charge in [0.2, 0.25) is 0 Å². The standard InChI is InChI=1S/C20H19BrN2O3S/c1-4-12-6-5-7-14(8-12)23-19(24)16(22-20(23)27)9-13-10-17(25-2)18(26-3)11-15(13)21/h5-11H,4H2,1-3H3,(H,22,27)/b16-9+. The second-order valence-corrected chi connectivity index (χ2v) is 7.12. The van der Waals surface area contributed by atoms with Gasteiger partial charge in [0, 0.05) is 4.47 Å². The van der Waals surface area contributed by atoms with Crippen LogP contribution in [0.2, 0.25) is 0 Å². The molecule has 2 aromatic rings. The van der Waals surface area contributed by atoms with Gasteiger partial charge < -0.3 is 14.8 Å². The van der Waals surface area contributed by atoms with Crippen LogP contribution in [0.5, 0.6) is 11.5 Å². The Hall–Kier alpha value is -2.38. The van der Waals surface area contributed by atoms with Gasteiger partial charge in [-0.1, -0.05) is 35.0 Å². The quantitative estimate of drug-likeness (QED) is 0.548. The van der Waals surface area contributed by atoms with Gasteiger partial charge in [0.25, 0.3) is 5.91 Å². The molecule has 140 valence electrons. The van der Waals surface area contributed by atoms with E-state index < -0.39 is 0 Å². The molecule has 1 saturated heterocycles. The lowest BCUT2D eigenvalue weighted by molar-refractivity contribution is -0.113. The van der Waals surface area contributed by atoms with Crippen molar-refractivity contribution in [1.82, 2.24) is 5.32 Å². The molecule has 1 aliphatic heterocycles. The summed E-state index contributed by atoms with van der Waals surface area (Å²) in [6.45, 7) is 2.07. The maximum atomic E-state index is 12.9. The Morgan fingerprint density at radius 1 is 1.19 bits per heavy atom. The molecule has 1 fully saturated rings. The van der Waals surface area contributed by atoms with Crippen molar-refractivity contribution in [3.8, 4) is 11.5 Å². The van der Waals surface area contributed by atoms with Crippen molar-refractivity contribution < 1.29 is 14.3 Å². The SMILES string of the molecule is CCc1cccc(N2C(=O)/C(=C\c3cc(OC)c(OC)cc3Br)NC2=S)c1. The van der Waals surface area contributed by atoms with Gasteiger partial charge in [-0.3, -0.25) is 9.69 Å². The highest BCUT2D eigenvalue weighted by molar-refractivity contribution is 9.10.